The van der Waals surface area contributed by atoms with Crippen molar-refractivity contribution < 1.29 is 0 Å². The van der Waals surface area contributed by atoms with Crippen LogP contribution < -0.4 is 0 Å². The van der Waals surface area contributed by atoms with Gasteiger partial charge < -0.3 is 4.90 Å². The summed E-state index contributed by atoms with van der Waals surface area (Å²) in [5.41, 5.74) is 0.0387. The van der Waals surface area contributed by atoms with Crippen molar-refractivity contribution in [3.8, 4) is 6.07 Å². The minimum Gasteiger partial charge on any atom is -0.305 e. The first-order chi connectivity index (χ1) is 7.72. The van der Waals surface area contributed by atoms with Crippen molar-refractivity contribution in [1.82, 2.24) is 4.90 Å². The van der Waals surface area contributed by atoms with Crippen LogP contribution in [0.1, 0.15) is 58.3 Å². The highest BCUT2D eigenvalue weighted by atomic mass is 15.1. The zero-order valence-corrected chi connectivity index (χ0v) is 11.0. The van der Waals surface area contributed by atoms with E-state index in [4.69, 9.17) is 5.26 Å². The minimum absolute atomic E-state index is 0.0387. The molecule has 0 N–H and O–H groups in total. The van der Waals surface area contributed by atoms with E-state index in [0.717, 1.165) is 25.9 Å². The third kappa shape index (κ3) is 4.99. The van der Waals surface area contributed by atoms with Crippen molar-refractivity contribution in [1.29, 1.82) is 5.26 Å². The predicted octanol–water partition coefficient (Wildman–Crippen LogP) is 3.58. The van der Waals surface area contributed by atoms with E-state index in [9.17, 15) is 0 Å². The average molecular weight is 222 g/mol. The van der Waals surface area contributed by atoms with Gasteiger partial charge in [-0.3, -0.25) is 0 Å². The van der Waals surface area contributed by atoms with Crippen LogP contribution in [-0.2, 0) is 0 Å². The van der Waals surface area contributed by atoms with E-state index in [1.54, 1.807) is 0 Å². The Morgan fingerprint density at radius 2 is 1.75 bits per heavy atom. The summed E-state index contributed by atoms with van der Waals surface area (Å²) in [6.07, 6.45) is 10.4. The molecule has 1 aliphatic carbocycles. The number of hydrogen-bond acceptors (Lipinski definition) is 2. The molecule has 2 heteroatoms. The van der Waals surface area contributed by atoms with Crippen LogP contribution in [-0.4, -0.2) is 25.0 Å². The van der Waals surface area contributed by atoms with Gasteiger partial charge in [0.05, 0.1) is 11.5 Å². The molecule has 1 fully saturated rings. The second-order valence-electron chi connectivity index (χ2n) is 5.40. The smallest absolute Gasteiger partial charge is 0.0703 e. The molecule has 0 radical (unpaired) electrons. The van der Waals surface area contributed by atoms with Crippen LogP contribution in [0.4, 0.5) is 0 Å². The van der Waals surface area contributed by atoms with Crippen LogP contribution in [0.25, 0.3) is 0 Å². The fourth-order valence-corrected chi connectivity index (χ4v) is 2.21. The van der Waals surface area contributed by atoms with E-state index >= 15 is 0 Å². The Morgan fingerprint density at radius 1 is 1.12 bits per heavy atom. The third-order valence-electron chi connectivity index (χ3n) is 3.56. The third-order valence-corrected chi connectivity index (χ3v) is 3.56. The van der Waals surface area contributed by atoms with Gasteiger partial charge in [0, 0.05) is 6.54 Å². The molecule has 0 unspecified atom stereocenters. The van der Waals surface area contributed by atoms with Gasteiger partial charge in [0.1, 0.15) is 0 Å². The van der Waals surface area contributed by atoms with Crippen molar-refractivity contribution in [3.05, 3.63) is 0 Å². The van der Waals surface area contributed by atoms with E-state index in [0.29, 0.717) is 0 Å². The minimum atomic E-state index is 0.0387. The largest absolute Gasteiger partial charge is 0.305 e. The average Bonchev–Trinajstić information content (AvgIpc) is 3.04. The molecule has 2 nitrogen and oxygen atoms in total. The second kappa shape index (κ2) is 6.91. The highest BCUT2D eigenvalue weighted by molar-refractivity contribution is 5.11. The Bertz CT molecular complexity index is 225. The number of nitrogens with zero attached hydrogens (tertiary/aromatic N) is 2. The molecule has 0 atom stereocenters. The summed E-state index contributed by atoms with van der Waals surface area (Å²) >= 11 is 0. The quantitative estimate of drug-likeness (QED) is 0.557. The van der Waals surface area contributed by atoms with E-state index < -0.39 is 0 Å². The van der Waals surface area contributed by atoms with E-state index in [1.165, 1.54) is 38.5 Å². The van der Waals surface area contributed by atoms with Gasteiger partial charge in [-0.25, -0.2) is 0 Å². The van der Waals surface area contributed by atoms with Crippen molar-refractivity contribution in [2.45, 2.75) is 58.3 Å². The molecule has 0 aromatic heterocycles. The molecule has 16 heavy (non-hydrogen) atoms. The van der Waals surface area contributed by atoms with Gasteiger partial charge >= 0.3 is 0 Å². The maximum absolute atomic E-state index is 9.00. The Morgan fingerprint density at radius 3 is 2.31 bits per heavy atom. The molecule has 0 aliphatic heterocycles. The molecule has 0 amide bonds. The van der Waals surface area contributed by atoms with Crippen LogP contribution in [0.3, 0.4) is 0 Å². The number of rotatable bonds is 9. The van der Waals surface area contributed by atoms with E-state index in [-0.39, 0.29) is 5.41 Å². The van der Waals surface area contributed by atoms with Crippen molar-refractivity contribution in [3.63, 3.8) is 0 Å². The Balaban J connectivity index is 1.95. The Labute approximate surface area is 101 Å². The normalized spacial score (nSPS) is 17.4. The molecule has 0 aromatic rings. The highest BCUT2D eigenvalue weighted by Crippen LogP contribution is 2.45. The van der Waals surface area contributed by atoms with Crippen LogP contribution in [0.2, 0.25) is 0 Å². The second-order valence-corrected chi connectivity index (χ2v) is 5.40. The van der Waals surface area contributed by atoms with E-state index in [1.807, 2.05) is 0 Å². The van der Waals surface area contributed by atoms with Gasteiger partial charge in [-0.2, -0.15) is 5.26 Å². The molecule has 1 aliphatic rings. The van der Waals surface area contributed by atoms with Gasteiger partial charge in [0.2, 0.25) is 0 Å². The fraction of sp³-hybridized carbons (Fsp3) is 0.929. The highest BCUT2D eigenvalue weighted by Gasteiger charge is 2.43. The van der Waals surface area contributed by atoms with Gasteiger partial charge in [-0.05, 0) is 32.9 Å². The summed E-state index contributed by atoms with van der Waals surface area (Å²) in [4.78, 5) is 2.34. The summed E-state index contributed by atoms with van der Waals surface area (Å²) in [5, 5.41) is 9.00. The van der Waals surface area contributed by atoms with Gasteiger partial charge in [0.25, 0.3) is 0 Å². The molecular formula is C14H26N2. The lowest BCUT2D eigenvalue weighted by Crippen LogP contribution is -2.27. The maximum Gasteiger partial charge on any atom is 0.0703 e. The zero-order chi connectivity index (χ0) is 11.9. The molecule has 1 saturated carbocycles. The molecule has 0 heterocycles. The molecule has 0 saturated heterocycles. The lowest BCUT2D eigenvalue weighted by atomic mass is 10.1. The van der Waals surface area contributed by atoms with Crippen LogP contribution in [0.15, 0.2) is 0 Å². The lowest BCUT2D eigenvalue weighted by Gasteiger charge is -2.18. The molecule has 1 rings (SSSR count). The first-order valence-electron chi connectivity index (χ1n) is 6.82. The molecule has 0 spiro atoms. The zero-order valence-electron chi connectivity index (χ0n) is 11.0. The number of nitriles is 1. The van der Waals surface area contributed by atoms with Crippen LogP contribution >= 0.6 is 0 Å². The molecular weight excluding hydrogens is 196 g/mol. The lowest BCUT2D eigenvalue weighted by molar-refractivity contribution is 0.286. The Hall–Kier alpha value is -0.550. The first-order valence-corrected chi connectivity index (χ1v) is 6.82. The van der Waals surface area contributed by atoms with E-state index in [2.05, 4.69) is 24.9 Å². The molecule has 92 valence electrons. The van der Waals surface area contributed by atoms with Crippen molar-refractivity contribution in [2.75, 3.05) is 20.1 Å². The maximum atomic E-state index is 9.00. The summed E-state index contributed by atoms with van der Waals surface area (Å²) in [6, 6.07) is 2.46. The van der Waals surface area contributed by atoms with Crippen LogP contribution in [0, 0.1) is 16.7 Å². The van der Waals surface area contributed by atoms with Gasteiger partial charge in [-0.1, -0.05) is 39.0 Å². The number of unbranched alkanes of at least 4 members (excludes halogenated alkanes) is 5. The van der Waals surface area contributed by atoms with Gasteiger partial charge in [-0.15, -0.1) is 0 Å². The van der Waals surface area contributed by atoms with Crippen LogP contribution in [0.5, 0.6) is 0 Å². The SMILES string of the molecule is CCCCCCCCN(C)CC1(C#N)CC1. The Kier molecular flexibility index (Phi) is 5.84. The monoisotopic (exact) mass is 222 g/mol. The fourth-order valence-electron chi connectivity index (χ4n) is 2.21. The topological polar surface area (TPSA) is 27.0 Å². The summed E-state index contributed by atoms with van der Waals surface area (Å²) < 4.78 is 0. The standard InChI is InChI=1S/C14H26N2/c1-3-4-5-6-7-8-11-16(2)13-14(12-15)9-10-14/h3-11,13H2,1-2H3. The van der Waals surface area contributed by atoms with Crippen molar-refractivity contribution in [2.24, 2.45) is 5.41 Å². The predicted molar refractivity (Wildman–Crippen MR) is 68.2 cm³/mol. The summed E-state index contributed by atoms with van der Waals surface area (Å²) in [7, 11) is 2.16. The van der Waals surface area contributed by atoms with Crippen molar-refractivity contribution >= 4 is 0 Å². The summed E-state index contributed by atoms with van der Waals surface area (Å²) in [5.74, 6) is 0. The summed E-state index contributed by atoms with van der Waals surface area (Å²) in [6.45, 7) is 4.40. The van der Waals surface area contributed by atoms with Gasteiger partial charge in [0.15, 0.2) is 0 Å². The molecule has 0 bridgehead atoms. The molecule has 0 aromatic carbocycles. The first kappa shape index (κ1) is 13.5. The number of hydrogen-bond donors (Lipinski definition) is 0.